The maximum absolute atomic E-state index is 11.8. The van der Waals surface area contributed by atoms with Gasteiger partial charge in [0.1, 0.15) is 0 Å². The Bertz CT molecular complexity index is 361. The lowest BCUT2D eigenvalue weighted by molar-refractivity contribution is -0.155. The van der Waals surface area contributed by atoms with Gasteiger partial charge < -0.3 is 9.47 Å². The van der Waals surface area contributed by atoms with Crippen molar-refractivity contribution in [3.8, 4) is 0 Å². The third-order valence-corrected chi connectivity index (χ3v) is 5.38. The van der Waals surface area contributed by atoms with Crippen LogP contribution in [0.5, 0.6) is 0 Å². The van der Waals surface area contributed by atoms with Gasteiger partial charge in [-0.25, -0.2) is 0 Å². The standard InChI is InChI=1S/C22H42O4/c1-7-21(3,4)19(23)25-17-15-13-11-9-10-12-14-16-18-26-20(24)22(5,6)8-2/h7-18H2,1-6H3. The van der Waals surface area contributed by atoms with E-state index < -0.39 is 0 Å². The van der Waals surface area contributed by atoms with Gasteiger partial charge in [-0.1, -0.05) is 52.4 Å². The van der Waals surface area contributed by atoms with E-state index >= 15 is 0 Å². The molecule has 0 aromatic carbocycles. The zero-order valence-corrected chi connectivity index (χ0v) is 18.1. The Hall–Kier alpha value is -1.06. The maximum atomic E-state index is 11.8. The third-order valence-electron chi connectivity index (χ3n) is 5.38. The fraction of sp³-hybridized carbons (Fsp3) is 0.909. The molecule has 26 heavy (non-hydrogen) atoms. The fourth-order valence-corrected chi connectivity index (χ4v) is 2.27. The smallest absolute Gasteiger partial charge is 0.311 e. The second kappa shape index (κ2) is 13.2. The van der Waals surface area contributed by atoms with E-state index in [0.29, 0.717) is 13.2 Å². The van der Waals surface area contributed by atoms with Crippen LogP contribution in [-0.4, -0.2) is 25.2 Å². The molecule has 4 heteroatoms. The van der Waals surface area contributed by atoms with E-state index in [1.807, 2.05) is 41.5 Å². The molecular formula is C22H42O4. The second-order valence-electron chi connectivity index (χ2n) is 8.58. The number of unbranched alkanes of at least 4 members (excludes halogenated alkanes) is 7. The summed E-state index contributed by atoms with van der Waals surface area (Å²) in [5.41, 5.74) is -0.721. The Morgan fingerprint density at radius 3 is 1.12 bits per heavy atom. The van der Waals surface area contributed by atoms with Crippen LogP contribution in [0, 0.1) is 10.8 Å². The summed E-state index contributed by atoms with van der Waals surface area (Å²) in [4.78, 5) is 23.6. The van der Waals surface area contributed by atoms with Crippen molar-refractivity contribution in [1.29, 1.82) is 0 Å². The van der Waals surface area contributed by atoms with Crippen LogP contribution in [0.2, 0.25) is 0 Å². The van der Waals surface area contributed by atoms with Gasteiger partial charge in [0, 0.05) is 0 Å². The van der Waals surface area contributed by atoms with Crippen molar-refractivity contribution in [1.82, 2.24) is 0 Å². The first kappa shape index (κ1) is 24.9. The van der Waals surface area contributed by atoms with Crippen molar-refractivity contribution in [2.45, 2.75) is 106 Å². The molecule has 0 saturated heterocycles. The zero-order chi connectivity index (χ0) is 20.1. The number of carbonyl (C=O) groups excluding carboxylic acids is 2. The molecule has 0 N–H and O–H groups in total. The molecule has 4 nitrogen and oxygen atoms in total. The normalized spacial score (nSPS) is 12.1. The average molecular weight is 371 g/mol. The van der Waals surface area contributed by atoms with Gasteiger partial charge in [-0.3, -0.25) is 9.59 Å². The molecule has 0 aliphatic rings. The molecule has 0 aromatic heterocycles. The minimum atomic E-state index is -0.360. The van der Waals surface area contributed by atoms with Crippen LogP contribution in [0.25, 0.3) is 0 Å². The van der Waals surface area contributed by atoms with Crippen molar-refractivity contribution in [2.24, 2.45) is 10.8 Å². The highest BCUT2D eigenvalue weighted by molar-refractivity contribution is 5.76. The van der Waals surface area contributed by atoms with Crippen molar-refractivity contribution < 1.29 is 19.1 Å². The Morgan fingerprint density at radius 1 is 0.577 bits per heavy atom. The highest BCUT2D eigenvalue weighted by Gasteiger charge is 2.27. The predicted molar refractivity (Wildman–Crippen MR) is 107 cm³/mol. The van der Waals surface area contributed by atoms with E-state index in [4.69, 9.17) is 9.47 Å². The lowest BCUT2D eigenvalue weighted by atomic mass is 9.91. The van der Waals surface area contributed by atoms with E-state index in [-0.39, 0.29) is 22.8 Å². The van der Waals surface area contributed by atoms with Crippen LogP contribution in [0.3, 0.4) is 0 Å². The molecule has 0 fully saturated rings. The molecular weight excluding hydrogens is 328 g/mol. The van der Waals surface area contributed by atoms with Crippen LogP contribution >= 0.6 is 0 Å². The number of carbonyl (C=O) groups is 2. The SMILES string of the molecule is CCC(C)(C)C(=O)OCCCCCCCCCCOC(=O)C(C)(C)CC. The molecule has 0 saturated carbocycles. The van der Waals surface area contributed by atoms with Crippen molar-refractivity contribution >= 4 is 11.9 Å². The largest absolute Gasteiger partial charge is 0.465 e. The second-order valence-corrected chi connectivity index (χ2v) is 8.58. The molecule has 0 heterocycles. The molecule has 0 aliphatic carbocycles. The molecule has 0 radical (unpaired) electrons. The first-order valence-corrected chi connectivity index (χ1v) is 10.5. The third kappa shape index (κ3) is 10.8. The summed E-state index contributed by atoms with van der Waals surface area (Å²) in [6, 6.07) is 0. The van der Waals surface area contributed by atoms with E-state index in [2.05, 4.69) is 0 Å². The summed E-state index contributed by atoms with van der Waals surface area (Å²) in [6.07, 6.45) is 10.6. The minimum absolute atomic E-state index is 0.0805. The van der Waals surface area contributed by atoms with Crippen LogP contribution in [0.1, 0.15) is 106 Å². The maximum Gasteiger partial charge on any atom is 0.311 e. The first-order chi connectivity index (χ1) is 12.2. The van der Waals surface area contributed by atoms with Gasteiger partial charge in [-0.05, 0) is 53.4 Å². The summed E-state index contributed by atoms with van der Waals surface area (Å²) < 4.78 is 10.7. The molecule has 154 valence electrons. The average Bonchev–Trinajstić information content (AvgIpc) is 2.61. The number of ether oxygens (including phenoxy) is 2. The van der Waals surface area contributed by atoms with Crippen molar-refractivity contribution in [3.05, 3.63) is 0 Å². The van der Waals surface area contributed by atoms with Gasteiger partial charge in [0.25, 0.3) is 0 Å². The van der Waals surface area contributed by atoms with E-state index in [1.54, 1.807) is 0 Å². The van der Waals surface area contributed by atoms with Gasteiger partial charge in [0.2, 0.25) is 0 Å². The highest BCUT2D eigenvalue weighted by atomic mass is 16.5. The molecule has 0 aliphatic heterocycles. The summed E-state index contributed by atoms with van der Waals surface area (Å²) in [5, 5.41) is 0. The van der Waals surface area contributed by atoms with Gasteiger partial charge in [0.15, 0.2) is 0 Å². The quantitative estimate of drug-likeness (QED) is 0.259. The summed E-state index contributed by atoms with van der Waals surface area (Å²) in [5.74, 6) is -0.161. The van der Waals surface area contributed by atoms with E-state index in [9.17, 15) is 9.59 Å². The summed E-state index contributed by atoms with van der Waals surface area (Å²) in [6.45, 7) is 12.8. The van der Waals surface area contributed by atoms with Crippen LogP contribution < -0.4 is 0 Å². The zero-order valence-electron chi connectivity index (χ0n) is 18.1. The van der Waals surface area contributed by atoms with Gasteiger partial charge in [-0.15, -0.1) is 0 Å². The minimum Gasteiger partial charge on any atom is -0.465 e. The Kier molecular flexibility index (Phi) is 12.6. The topological polar surface area (TPSA) is 52.6 Å². The van der Waals surface area contributed by atoms with E-state index in [0.717, 1.165) is 38.5 Å². The van der Waals surface area contributed by atoms with Crippen molar-refractivity contribution in [2.75, 3.05) is 13.2 Å². The fourth-order valence-electron chi connectivity index (χ4n) is 2.27. The van der Waals surface area contributed by atoms with Gasteiger partial charge >= 0.3 is 11.9 Å². The Balaban J connectivity index is 3.42. The monoisotopic (exact) mass is 370 g/mol. The molecule has 0 amide bonds. The van der Waals surface area contributed by atoms with Gasteiger partial charge in [-0.2, -0.15) is 0 Å². The lowest BCUT2D eigenvalue weighted by Gasteiger charge is -2.20. The predicted octanol–water partition coefficient (Wildman–Crippen LogP) is 6.07. The van der Waals surface area contributed by atoms with E-state index in [1.165, 1.54) is 25.7 Å². The lowest BCUT2D eigenvalue weighted by Crippen LogP contribution is -2.26. The van der Waals surface area contributed by atoms with Gasteiger partial charge in [0.05, 0.1) is 24.0 Å². The first-order valence-electron chi connectivity index (χ1n) is 10.5. The Labute approximate surface area is 161 Å². The number of rotatable bonds is 15. The molecule has 0 aromatic rings. The summed E-state index contributed by atoms with van der Waals surface area (Å²) in [7, 11) is 0. The number of hydrogen-bond acceptors (Lipinski definition) is 4. The van der Waals surface area contributed by atoms with Crippen LogP contribution in [0.15, 0.2) is 0 Å². The highest BCUT2D eigenvalue weighted by Crippen LogP contribution is 2.22. The summed E-state index contributed by atoms with van der Waals surface area (Å²) >= 11 is 0. The van der Waals surface area contributed by atoms with Crippen LogP contribution in [0.4, 0.5) is 0 Å². The molecule has 0 atom stereocenters. The molecule has 0 rings (SSSR count). The van der Waals surface area contributed by atoms with Crippen molar-refractivity contribution in [3.63, 3.8) is 0 Å². The number of esters is 2. The number of hydrogen-bond donors (Lipinski definition) is 0. The van der Waals surface area contributed by atoms with Crippen LogP contribution in [-0.2, 0) is 19.1 Å². The molecule has 0 unspecified atom stereocenters. The molecule has 0 spiro atoms. The Morgan fingerprint density at radius 2 is 0.846 bits per heavy atom. The molecule has 0 bridgehead atoms.